The van der Waals surface area contributed by atoms with E-state index in [9.17, 15) is 0 Å². The van der Waals surface area contributed by atoms with Crippen molar-refractivity contribution in [1.82, 2.24) is 0 Å². The maximum atomic E-state index is 5.39. The summed E-state index contributed by atoms with van der Waals surface area (Å²) >= 11 is 0. The zero-order valence-corrected chi connectivity index (χ0v) is 8.73. The highest BCUT2D eigenvalue weighted by Gasteiger charge is 2.21. The van der Waals surface area contributed by atoms with Crippen LogP contribution in [0.3, 0.4) is 0 Å². The fraction of sp³-hybridized carbons (Fsp3) is 1.00. The van der Waals surface area contributed by atoms with Crippen molar-refractivity contribution in [3.8, 4) is 0 Å². The lowest BCUT2D eigenvalue weighted by molar-refractivity contribution is -0.174. The maximum Gasteiger partial charge on any atom is 0.162 e. The van der Waals surface area contributed by atoms with Crippen molar-refractivity contribution in [2.45, 2.75) is 19.0 Å². The first kappa shape index (κ1) is 11.9. The van der Waals surface area contributed by atoms with Crippen LogP contribution in [0.15, 0.2) is 0 Å². The Labute approximate surface area is 84.2 Å². The van der Waals surface area contributed by atoms with Crippen molar-refractivity contribution in [2.24, 2.45) is 0 Å². The fourth-order valence-electron chi connectivity index (χ4n) is 1.20. The van der Waals surface area contributed by atoms with Crippen molar-refractivity contribution in [3.63, 3.8) is 0 Å². The summed E-state index contributed by atoms with van der Waals surface area (Å²) in [7, 11) is 3.24. The summed E-state index contributed by atoms with van der Waals surface area (Å²) in [6.45, 7) is 2.38. The molecular weight excluding hydrogens is 188 g/mol. The second kappa shape index (κ2) is 7.14. The van der Waals surface area contributed by atoms with E-state index in [0.29, 0.717) is 32.8 Å². The van der Waals surface area contributed by atoms with Gasteiger partial charge in [-0.25, -0.2) is 0 Å². The molecule has 0 spiro atoms. The monoisotopic (exact) mass is 206 g/mol. The summed E-state index contributed by atoms with van der Waals surface area (Å²) in [4.78, 5) is 0. The first-order valence-electron chi connectivity index (χ1n) is 4.73. The Hall–Kier alpha value is -0.200. The molecule has 5 nitrogen and oxygen atoms in total. The quantitative estimate of drug-likeness (QED) is 0.445. The first-order valence-corrected chi connectivity index (χ1v) is 4.73. The number of ether oxygens (including phenoxy) is 5. The molecule has 1 aliphatic heterocycles. The second-order valence-corrected chi connectivity index (χ2v) is 2.94. The molecule has 14 heavy (non-hydrogen) atoms. The van der Waals surface area contributed by atoms with Crippen molar-refractivity contribution >= 4 is 0 Å². The van der Waals surface area contributed by atoms with Crippen LogP contribution in [0.2, 0.25) is 0 Å². The molecule has 0 aromatic carbocycles. The topological polar surface area (TPSA) is 46.2 Å². The molecule has 1 rings (SSSR count). The van der Waals surface area contributed by atoms with Gasteiger partial charge in [0.25, 0.3) is 0 Å². The van der Waals surface area contributed by atoms with E-state index in [1.54, 1.807) is 14.2 Å². The van der Waals surface area contributed by atoms with E-state index < -0.39 is 0 Å². The SMILES string of the molecule is COCCOC(CC1OCCO1)OC. The zero-order chi connectivity index (χ0) is 10.2. The summed E-state index contributed by atoms with van der Waals surface area (Å²) in [6.07, 6.45) is 0.121. The van der Waals surface area contributed by atoms with Crippen molar-refractivity contribution in [1.29, 1.82) is 0 Å². The molecule has 0 bridgehead atoms. The molecule has 0 aromatic heterocycles. The van der Waals surface area contributed by atoms with Crippen LogP contribution < -0.4 is 0 Å². The Kier molecular flexibility index (Phi) is 6.05. The van der Waals surface area contributed by atoms with Gasteiger partial charge in [0, 0.05) is 20.6 Å². The predicted molar refractivity (Wildman–Crippen MR) is 48.9 cm³/mol. The minimum atomic E-state index is -0.284. The maximum absolute atomic E-state index is 5.39. The molecule has 0 aliphatic carbocycles. The molecular formula is C9H18O5. The molecule has 0 amide bonds. The van der Waals surface area contributed by atoms with Crippen LogP contribution in [-0.4, -0.2) is 53.2 Å². The zero-order valence-electron chi connectivity index (χ0n) is 8.73. The lowest BCUT2D eigenvalue weighted by Gasteiger charge is -2.18. The molecule has 1 saturated heterocycles. The molecule has 0 N–H and O–H groups in total. The summed E-state index contributed by atoms with van der Waals surface area (Å²) in [5, 5.41) is 0. The minimum absolute atomic E-state index is 0.192. The standard InChI is InChI=1S/C9H18O5/c1-10-3-4-12-8(11-2)7-9-13-5-6-14-9/h8-9H,3-7H2,1-2H3. The normalized spacial score (nSPS) is 20.1. The van der Waals surface area contributed by atoms with Gasteiger partial charge in [-0.2, -0.15) is 0 Å². The summed E-state index contributed by atoms with van der Waals surface area (Å²) in [5.41, 5.74) is 0. The molecule has 1 aliphatic rings. The average molecular weight is 206 g/mol. The highest BCUT2D eigenvalue weighted by molar-refractivity contribution is 4.55. The van der Waals surface area contributed by atoms with Crippen LogP contribution in [0.1, 0.15) is 6.42 Å². The molecule has 1 heterocycles. The Balaban J connectivity index is 2.10. The Bertz CT molecular complexity index is 135. The number of methoxy groups -OCH3 is 2. The summed E-state index contributed by atoms with van der Waals surface area (Å²) < 4.78 is 25.9. The third-order valence-electron chi connectivity index (χ3n) is 1.93. The van der Waals surface area contributed by atoms with Crippen LogP contribution in [0.25, 0.3) is 0 Å². The van der Waals surface area contributed by atoms with Gasteiger partial charge in [-0.15, -0.1) is 0 Å². The van der Waals surface area contributed by atoms with Gasteiger partial charge in [0.2, 0.25) is 0 Å². The minimum Gasteiger partial charge on any atom is -0.382 e. The fourth-order valence-corrected chi connectivity index (χ4v) is 1.20. The first-order chi connectivity index (χ1) is 6.86. The largest absolute Gasteiger partial charge is 0.382 e. The molecule has 0 saturated carbocycles. The van der Waals surface area contributed by atoms with Gasteiger partial charge in [-0.05, 0) is 0 Å². The molecule has 0 aromatic rings. The van der Waals surface area contributed by atoms with Crippen molar-refractivity contribution in [2.75, 3.05) is 40.6 Å². The Morgan fingerprint density at radius 1 is 1.21 bits per heavy atom. The van der Waals surface area contributed by atoms with Gasteiger partial charge in [-0.1, -0.05) is 0 Å². The second-order valence-electron chi connectivity index (χ2n) is 2.94. The highest BCUT2D eigenvalue weighted by atomic mass is 16.7. The molecule has 84 valence electrons. The smallest absolute Gasteiger partial charge is 0.162 e. The summed E-state index contributed by atoms with van der Waals surface area (Å²) in [5.74, 6) is 0. The van der Waals surface area contributed by atoms with Gasteiger partial charge in [0.05, 0.1) is 26.4 Å². The number of rotatable bonds is 7. The van der Waals surface area contributed by atoms with E-state index in [1.807, 2.05) is 0 Å². The Morgan fingerprint density at radius 2 is 1.93 bits per heavy atom. The molecule has 5 heteroatoms. The van der Waals surface area contributed by atoms with Crippen LogP contribution in [-0.2, 0) is 23.7 Å². The van der Waals surface area contributed by atoms with Crippen LogP contribution in [0.4, 0.5) is 0 Å². The molecule has 1 unspecified atom stereocenters. The van der Waals surface area contributed by atoms with Gasteiger partial charge in [-0.3, -0.25) is 0 Å². The Morgan fingerprint density at radius 3 is 2.50 bits per heavy atom. The van der Waals surface area contributed by atoms with Crippen molar-refractivity contribution in [3.05, 3.63) is 0 Å². The third kappa shape index (κ3) is 4.34. The number of hydrogen-bond acceptors (Lipinski definition) is 5. The molecule has 0 radical (unpaired) electrons. The lowest BCUT2D eigenvalue weighted by atomic mass is 10.4. The van der Waals surface area contributed by atoms with E-state index >= 15 is 0 Å². The lowest BCUT2D eigenvalue weighted by Crippen LogP contribution is -2.24. The van der Waals surface area contributed by atoms with Crippen molar-refractivity contribution < 1.29 is 23.7 Å². The average Bonchev–Trinajstić information content (AvgIpc) is 2.69. The molecule has 1 fully saturated rings. The van der Waals surface area contributed by atoms with Crippen LogP contribution >= 0.6 is 0 Å². The summed E-state index contributed by atoms with van der Waals surface area (Å²) in [6, 6.07) is 0. The molecule has 1 atom stereocenters. The van der Waals surface area contributed by atoms with Gasteiger partial charge in [0.15, 0.2) is 12.6 Å². The highest BCUT2D eigenvalue weighted by Crippen LogP contribution is 2.12. The van der Waals surface area contributed by atoms with Gasteiger partial charge in [0.1, 0.15) is 0 Å². The van der Waals surface area contributed by atoms with E-state index in [-0.39, 0.29) is 12.6 Å². The van der Waals surface area contributed by atoms with Gasteiger partial charge < -0.3 is 23.7 Å². The number of hydrogen-bond donors (Lipinski definition) is 0. The third-order valence-corrected chi connectivity index (χ3v) is 1.93. The predicted octanol–water partition coefficient (Wildman–Crippen LogP) is 0.385. The van der Waals surface area contributed by atoms with Gasteiger partial charge >= 0.3 is 0 Å². The van der Waals surface area contributed by atoms with Crippen LogP contribution in [0, 0.1) is 0 Å². The van der Waals surface area contributed by atoms with E-state index in [1.165, 1.54) is 0 Å². The van der Waals surface area contributed by atoms with E-state index in [4.69, 9.17) is 23.7 Å². The van der Waals surface area contributed by atoms with Crippen LogP contribution in [0.5, 0.6) is 0 Å². The van der Waals surface area contributed by atoms with E-state index in [2.05, 4.69) is 0 Å². The van der Waals surface area contributed by atoms with E-state index in [0.717, 1.165) is 0 Å².